The fraction of sp³-hybridized carbons (Fsp3) is 0. The lowest BCUT2D eigenvalue weighted by Gasteiger charge is -2.13. The zero-order chi connectivity index (χ0) is 29.0. The SMILES string of the molecule is c1cncc(-c2ccc3c(c2)c2ncccc2n3-c2cccc(-n3c4ccc(-c5cccnc5)cc4c4ncccc43)c2)c1. The number of hydrogen-bond donors (Lipinski definition) is 0. The molecule has 0 radical (unpaired) electrons. The van der Waals surface area contributed by atoms with E-state index in [1.807, 2.05) is 49.1 Å². The summed E-state index contributed by atoms with van der Waals surface area (Å²) in [6.07, 6.45) is 11.1. The van der Waals surface area contributed by atoms with Crippen LogP contribution < -0.4 is 0 Å². The second-order valence-corrected chi connectivity index (χ2v) is 10.9. The van der Waals surface area contributed by atoms with Crippen LogP contribution in [0.25, 0.3) is 77.5 Å². The van der Waals surface area contributed by atoms with Crippen molar-refractivity contribution in [2.75, 3.05) is 0 Å². The Morgan fingerprint density at radius 3 is 1.36 bits per heavy atom. The van der Waals surface area contributed by atoms with E-state index in [0.29, 0.717) is 0 Å². The molecule has 6 aromatic heterocycles. The quantitative estimate of drug-likeness (QED) is 0.214. The van der Waals surface area contributed by atoms with Crippen LogP contribution in [-0.2, 0) is 0 Å². The van der Waals surface area contributed by atoms with Crippen molar-refractivity contribution in [1.29, 1.82) is 0 Å². The van der Waals surface area contributed by atoms with Gasteiger partial charge >= 0.3 is 0 Å². The van der Waals surface area contributed by atoms with Gasteiger partial charge in [0.05, 0.1) is 33.1 Å². The van der Waals surface area contributed by atoms with Gasteiger partial charge in [0.1, 0.15) is 0 Å². The Labute approximate surface area is 252 Å². The molecule has 0 bridgehead atoms. The van der Waals surface area contributed by atoms with E-state index in [-0.39, 0.29) is 0 Å². The molecule has 0 amide bonds. The molecule has 0 fully saturated rings. The maximum atomic E-state index is 4.82. The summed E-state index contributed by atoms with van der Waals surface area (Å²) in [5.74, 6) is 0. The van der Waals surface area contributed by atoms with Gasteiger partial charge in [0.2, 0.25) is 0 Å². The van der Waals surface area contributed by atoms with Gasteiger partial charge in [-0.2, -0.15) is 0 Å². The van der Waals surface area contributed by atoms with Crippen molar-refractivity contribution in [3.8, 4) is 33.6 Å². The molecule has 6 heteroatoms. The fourth-order valence-corrected chi connectivity index (χ4v) is 6.42. The molecule has 0 aliphatic heterocycles. The van der Waals surface area contributed by atoms with Crippen LogP contribution in [0.15, 0.2) is 146 Å². The van der Waals surface area contributed by atoms with E-state index in [0.717, 1.165) is 77.5 Å². The molecule has 0 aliphatic rings. The summed E-state index contributed by atoms with van der Waals surface area (Å²) in [5, 5.41) is 2.22. The van der Waals surface area contributed by atoms with Crippen LogP contribution in [0.3, 0.4) is 0 Å². The normalized spacial score (nSPS) is 11.6. The molecule has 0 saturated carbocycles. The van der Waals surface area contributed by atoms with Crippen molar-refractivity contribution in [1.82, 2.24) is 29.1 Å². The van der Waals surface area contributed by atoms with Crippen LogP contribution in [0.2, 0.25) is 0 Å². The van der Waals surface area contributed by atoms with Crippen molar-refractivity contribution >= 4 is 43.9 Å². The molecule has 206 valence electrons. The molecule has 0 N–H and O–H groups in total. The Kier molecular flexibility index (Phi) is 5.40. The number of hydrogen-bond acceptors (Lipinski definition) is 4. The van der Waals surface area contributed by atoms with Gasteiger partial charge < -0.3 is 9.13 Å². The first-order valence-corrected chi connectivity index (χ1v) is 14.5. The minimum absolute atomic E-state index is 0.975. The summed E-state index contributed by atoms with van der Waals surface area (Å²) < 4.78 is 4.61. The van der Waals surface area contributed by atoms with Crippen LogP contribution >= 0.6 is 0 Å². The minimum Gasteiger partial charge on any atom is -0.308 e. The van der Waals surface area contributed by atoms with E-state index in [1.165, 1.54) is 0 Å². The highest BCUT2D eigenvalue weighted by molar-refractivity contribution is 6.09. The number of benzene rings is 3. The Morgan fingerprint density at radius 2 is 0.886 bits per heavy atom. The molecule has 6 nitrogen and oxygen atoms in total. The summed E-state index contributed by atoms with van der Waals surface area (Å²) in [4.78, 5) is 18.3. The van der Waals surface area contributed by atoms with Crippen LogP contribution in [0.1, 0.15) is 0 Å². The number of aromatic nitrogens is 6. The van der Waals surface area contributed by atoms with Crippen molar-refractivity contribution < 1.29 is 0 Å². The third kappa shape index (κ3) is 3.75. The smallest absolute Gasteiger partial charge is 0.0963 e. The zero-order valence-corrected chi connectivity index (χ0v) is 23.5. The number of nitrogens with zero attached hydrogens (tertiary/aromatic N) is 6. The molecular formula is C38H24N6. The summed E-state index contributed by atoms with van der Waals surface area (Å²) >= 11 is 0. The summed E-state index contributed by atoms with van der Waals surface area (Å²) in [5.41, 5.74) is 12.8. The van der Waals surface area contributed by atoms with E-state index in [2.05, 4.69) is 104 Å². The van der Waals surface area contributed by atoms with E-state index < -0.39 is 0 Å². The summed E-state index contributed by atoms with van der Waals surface area (Å²) in [7, 11) is 0. The molecule has 9 aromatic rings. The van der Waals surface area contributed by atoms with Gasteiger partial charge in [-0.1, -0.05) is 30.3 Å². The molecule has 0 saturated heterocycles. The fourth-order valence-electron chi connectivity index (χ4n) is 6.42. The molecule has 3 aromatic carbocycles. The lowest BCUT2D eigenvalue weighted by Crippen LogP contribution is -1.98. The van der Waals surface area contributed by atoms with Crippen molar-refractivity contribution in [3.05, 3.63) is 146 Å². The van der Waals surface area contributed by atoms with Crippen molar-refractivity contribution in [2.45, 2.75) is 0 Å². The largest absolute Gasteiger partial charge is 0.308 e. The lowest BCUT2D eigenvalue weighted by atomic mass is 10.1. The monoisotopic (exact) mass is 564 g/mol. The third-order valence-electron chi connectivity index (χ3n) is 8.38. The molecule has 6 heterocycles. The van der Waals surface area contributed by atoms with Gasteiger partial charge in [-0.3, -0.25) is 19.9 Å². The van der Waals surface area contributed by atoms with E-state index in [1.54, 1.807) is 12.4 Å². The topological polar surface area (TPSA) is 61.4 Å². The zero-order valence-electron chi connectivity index (χ0n) is 23.5. The van der Waals surface area contributed by atoms with Crippen LogP contribution in [0.5, 0.6) is 0 Å². The predicted octanol–water partition coefficient (Wildman–Crippen LogP) is 8.79. The standard InChI is InChI=1S/C38H24N6/c1-8-29(43-33-14-12-25(27-6-2-16-39-23-27)20-31(33)37-35(43)10-4-18-41-37)22-30(9-1)44-34-15-13-26(28-7-3-17-40-24-28)21-32(34)38-36(44)11-5-19-42-38/h1-24H. The highest BCUT2D eigenvalue weighted by Gasteiger charge is 2.17. The average Bonchev–Trinajstić information content (AvgIpc) is 3.61. The number of fused-ring (bicyclic) bond motifs is 6. The molecule has 0 spiro atoms. The number of pyridine rings is 4. The van der Waals surface area contributed by atoms with E-state index in [4.69, 9.17) is 9.97 Å². The van der Waals surface area contributed by atoms with Crippen LogP contribution in [-0.4, -0.2) is 29.1 Å². The summed E-state index contributed by atoms with van der Waals surface area (Å²) in [6.45, 7) is 0. The maximum Gasteiger partial charge on any atom is 0.0963 e. The first-order chi connectivity index (χ1) is 21.8. The molecule has 0 atom stereocenters. The minimum atomic E-state index is 0.975. The molecule has 0 aliphatic carbocycles. The Balaban J connectivity index is 1.25. The highest BCUT2D eigenvalue weighted by Crippen LogP contribution is 2.37. The molecular weight excluding hydrogens is 540 g/mol. The molecule has 0 unspecified atom stereocenters. The Morgan fingerprint density at radius 1 is 0.386 bits per heavy atom. The molecule has 9 rings (SSSR count). The molecule has 44 heavy (non-hydrogen) atoms. The van der Waals surface area contributed by atoms with Crippen molar-refractivity contribution in [3.63, 3.8) is 0 Å². The van der Waals surface area contributed by atoms with Gasteiger partial charge in [0.25, 0.3) is 0 Å². The van der Waals surface area contributed by atoms with Crippen molar-refractivity contribution in [2.24, 2.45) is 0 Å². The number of rotatable bonds is 4. The first-order valence-electron chi connectivity index (χ1n) is 14.5. The van der Waals surface area contributed by atoms with Gasteiger partial charge in [-0.05, 0) is 90.0 Å². The average molecular weight is 565 g/mol. The second kappa shape index (κ2) is 9.71. The van der Waals surface area contributed by atoms with E-state index >= 15 is 0 Å². The summed E-state index contributed by atoms with van der Waals surface area (Å²) in [6, 6.07) is 38.3. The van der Waals surface area contributed by atoms with Gasteiger partial charge in [-0.25, -0.2) is 0 Å². The first kappa shape index (κ1) is 24.5. The lowest BCUT2D eigenvalue weighted by molar-refractivity contribution is 1.13. The maximum absolute atomic E-state index is 4.82. The van der Waals surface area contributed by atoms with Gasteiger partial charge in [-0.15, -0.1) is 0 Å². The van der Waals surface area contributed by atoms with Gasteiger partial charge in [0.15, 0.2) is 0 Å². The highest BCUT2D eigenvalue weighted by atomic mass is 15.0. The Hall–Kier alpha value is -6.14. The Bertz CT molecular complexity index is 2320. The second-order valence-electron chi connectivity index (χ2n) is 10.9. The van der Waals surface area contributed by atoms with Gasteiger partial charge in [0, 0.05) is 70.5 Å². The van der Waals surface area contributed by atoms with Crippen LogP contribution in [0.4, 0.5) is 0 Å². The third-order valence-corrected chi connectivity index (χ3v) is 8.38. The van der Waals surface area contributed by atoms with E-state index in [9.17, 15) is 0 Å². The predicted molar refractivity (Wildman–Crippen MR) is 177 cm³/mol. The van der Waals surface area contributed by atoms with Crippen LogP contribution in [0, 0.1) is 0 Å².